The molecule has 0 saturated heterocycles. The highest BCUT2D eigenvalue weighted by atomic mass is 35.5. The molecule has 0 radical (unpaired) electrons. The molecule has 116 valence electrons. The van der Waals surface area contributed by atoms with Gasteiger partial charge in [-0.1, -0.05) is 20.8 Å². The summed E-state index contributed by atoms with van der Waals surface area (Å²) < 4.78 is 10.4. The Hall–Kier alpha value is -1.17. The van der Waals surface area contributed by atoms with Gasteiger partial charge in [0.15, 0.2) is 0 Å². The molecule has 0 unspecified atom stereocenters. The van der Waals surface area contributed by atoms with Gasteiger partial charge in [-0.2, -0.15) is 0 Å². The normalized spacial score (nSPS) is 14.2. The fourth-order valence-electron chi connectivity index (χ4n) is 1.95. The number of phenolic OH excluding ortho intramolecular Hbond substituents is 1. The van der Waals surface area contributed by atoms with Crippen molar-refractivity contribution in [1.29, 1.82) is 0 Å². The average Bonchev–Trinajstić information content (AvgIpc) is 2.34. The first kappa shape index (κ1) is 18.8. The van der Waals surface area contributed by atoms with Gasteiger partial charge in [0.1, 0.15) is 17.2 Å². The van der Waals surface area contributed by atoms with Gasteiger partial charge >= 0.3 is 0 Å². The molecule has 0 aliphatic heterocycles. The predicted molar refractivity (Wildman–Crippen MR) is 80.8 cm³/mol. The van der Waals surface area contributed by atoms with E-state index in [4.69, 9.17) is 15.2 Å². The third kappa shape index (κ3) is 3.91. The molecule has 0 heterocycles. The predicted octanol–water partition coefficient (Wildman–Crippen LogP) is 2.24. The molecule has 2 atom stereocenters. The summed E-state index contributed by atoms with van der Waals surface area (Å²) in [7, 11) is 2.96. The zero-order valence-corrected chi connectivity index (χ0v) is 13.3. The topological polar surface area (TPSA) is 84.9 Å². The molecule has 1 aromatic rings. The minimum atomic E-state index is -0.778. The van der Waals surface area contributed by atoms with Gasteiger partial charge in [0.05, 0.1) is 31.9 Å². The fourth-order valence-corrected chi connectivity index (χ4v) is 1.95. The van der Waals surface area contributed by atoms with E-state index in [0.717, 1.165) is 0 Å². The molecule has 0 aromatic heterocycles. The molecule has 0 spiro atoms. The van der Waals surface area contributed by atoms with Crippen LogP contribution < -0.4 is 15.2 Å². The number of hydrogen-bond donors (Lipinski definition) is 3. The lowest BCUT2D eigenvalue weighted by Gasteiger charge is -2.32. The van der Waals surface area contributed by atoms with E-state index in [1.807, 2.05) is 20.8 Å². The Morgan fingerprint density at radius 2 is 1.50 bits per heavy atom. The van der Waals surface area contributed by atoms with Crippen LogP contribution in [0.25, 0.3) is 0 Å². The number of aromatic hydroxyl groups is 1. The van der Waals surface area contributed by atoms with Gasteiger partial charge in [0.2, 0.25) is 0 Å². The highest BCUT2D eigenvalue weighted by Gasteiger charge is 2.32. The second-order valence-electron chi connectivity index (χ2n) is 5.60. The van der Waals surface area contributed by atoms with Crippen molar-refractivity contribution in [3.63, 3.8) is 0 Å². The third-order valence-corrected chi connectivity index (χ3v) is 3.09. The van der Waals surface area contributed by atoms with Crippen LogP contribution in [0.4, 0.5) is 0 Å². The number of benzene rings is 1. The smallest absolute Gasteiger partial charge is 0.131 e. The van der Waals surface area contributed by atoms with E-state index in [2.05, 4.69) is 0 Å². The van der Waals surface area contributed by atoms with Crippen LogP contribution in [0.3, 0.4) is 0 Å². The summed E-state index contributed by atoms with van der Waals surface area (Å²) in [5, 5.41) is 19.9. The van der Waals surface area contributed by atoms with Crippen molar-refractivity contribution in [3.05, 3.63) is 17.7 Å². The van der Waals surface area contributed by atoms with Crippen LogP contribution in [-0.2, 0) is 0 Å². The molecular weight excluding hydrogens is 282 g/mol. The summed E-state index contributed by atoms with van der Waals surface area (Å²) in [6, 6.07) is 2.23. The van der Waals surface area contributed by atoms with Crippen LogP contribution >= 0.6 is 12.4 Å². The van der Waals surface area contributed by atoms with Gasteiger partial charge in [-0.05, 0) is 5.41 Å². The number of halogens is 1. The Morgan fingerprint density at radius 1 is 1.10 bits per heavy atom. The summed E-state index contributed by atoms with van der Waals surface area (Å²) >= 11 is 0. The second kappa shape index (κ2) is 7.02. The van der Waals surface area contributed by atoms with Crippen LogP contribution in [0, 0.1) is 5.41 Å². The van der Waals surface area contributed by atoms with E-state index >= 15 is 0 Å². The Kier molecular flexibility index (Phi) is 6.61. The van der Waals surface area contributed by atoms with Gasteiger partial charge in [-0.3, -0.25) is 0 Å². The van der Waals surface area contributed by atoms with E-state index in [0.29, 0.717) is 17.1 Å². The van der Waals surface area contributed by atoms with Gasteiger partial charge in [-0.25, -0.2) is 0 Å². The highest BCUT2D eigenvalue weighted by molar-refractivity contribution is 5.85. The molecule has 0 amide bonds. The van der Waals surface area contributed by atoms with E-state index in [1.165, 1.54) is 26.4 Å². The van der Waals surface area contributed by atoms with Gasteiger partial charge in [-0.15, -0.1) is 12.4 Å². The van der Waals surface area contributed by atoms with Crippen LogP contribution in [0.5, 0.6) is 17.2 Å². The molecule has 0 saturated carbocycles. The Labute approximate surface area is 126 Å². The maximum absolute atomic E-state index is 10.3. The number of aliphatic hydroxyl groups is 1. The molecule has 5 nitrogen and oxygen atoms in total. The van der Waals surface area contributed by atoms with Crippen molar-refractivity contribution in [3.8, 4) is 17.2 Å². The molecule has 0 aliphatic carbocycles. The SMILES string of the molecule is COc1cc(O)cc(OC)c1[C@H](N)[C@H](O)C(C)(C)C.Cl. The molecule has 4 N–H and O–H groups in total. The van der Waals surface area contributed by atoms with Crippen LogP contribution in [-0.4, -0.2) is 30.5 Å². The maximum Gasteiger partial charge on any atom is 0.131 e. The zero-order chi connectivity index (χ0) is 14.8. The van der Waals surface area contributed by atoms with Gasteiger partial charge < -0.3 is 25.4 Å². The lowest BCUT2D eigenvalue weighted by Crippen LogP contribution is -2.37. The quantitative estimate of drug-likeness (QED) is 0.794. The van der Waals surface area contributed by atoms with E-state index in [-0.39, 0.29) is 23.6 Å². The summed E-state index contributed by atoms with van der Waals surface area (Å²) in [4.78, 5) is 0. The molecule has 6 heteroatoms. The zero-order valence-electron chi connectivity index (χ0n) is 12.5. The lowest BCUT2D eigenvalue weighted by molar-refractivity contribution is 0.0387. The fraction of sp³-hybridized carbons (Fsp3) is 0.571. The number of aliphatic hydroxyl groups excluding tert-OH is 1. The van der Waals surface area contributed by atoms with Gasteiger partial charge in [0, 0.05) is 12.1 Å². The Bertz CT molecular complexity index is 420. The lowest BCUT2D eigenvalue weighted by atomic mass is 9.82. The van der Waals surface area contributed by atoms with Crippen molar-refractivity contribution >= 4 is 12.4 Å². The summed E-state index contributed by atoms with van der Waals surface area (Å²) in [5.74, 6) is 0.815. The molecule has 1 aromatic carbocycles. The molecular formula is C14H24ClNO4. The van der Waals surface area contributed by atoms with Crippen LogP contribution in [0.1, 0.15) is 32.4 Å². The highest BCUT2D eigenvalue weighted by Crippen LogP contribution is 2.40. The first-order valence-corrected chi connectivity index (χ1v) is 6.11. The van der Waals surface area contributed by atoms with Crippen molar-refractivity contribution < 1.29 is 19.7 Å². The second-order valence-corrected chi connectivity index (χ2v) is 5.60. The molecule has 0 aliphatic rings. The first-order valence-electron chi connectivity index (χ1n) is 6.11. The Morgan fingerprint density at radius 3 is 1.80 bits per heavy atom. The van der Waals surface area contributed by atoms with E-state index < -0.39 is 12.1 Å². The van der Waals surface area contributed by atoms with E-state index in [9.17, 15) is 10.2 Å². The number of rotatable bonds is 4. The molecule has 0 bridgehead atoms. The number of methoxy groups -OCH3 is 2. The molecule has 1 rings (SSSR count). The summed E-state index contributed by atoms with van der Waals surface area (Å²) in [6.45, 7) is 5.70. The minimum absolute atomic E-state index is 0. The van der Waals surface area contributed by atoms with Crippen molar-refractivity contribution in [2.75, 3.05) is 14.2 Å². The number of hydrogen-bond acceptors (Lipinski definition) is 5. The van der Waals surface area contributed by atoms with Crippen LogP contribution in [0.2, 0.25) is 0 Å². The third-order valence-electron chi connectivity index (χ3n) is 3.09. The standard InChI is InChI=1S/C14H23NO4.ClH/c1-14(2,3)13(17)12(15)11-9(18-4)6-8(16)7-10(11)19-5;/h6-7,12-13,16-17H,15H2,1-5H3;1H/t12-,13-;/m0./s1. The summed E-state index contributed by atoms with van der Waals surface area (Å²) in [6.07, 6.45) is -0.778. The van der Waals surface area contributed by atoms with Crippen molar-refractivity contribution in [2.24, 2.45) is 11.1 Å². The minimum Gasteiger partial charge on any atom is -0.508 e. The number of phenols is 1. The van der Waals surface area contributed by atoms with Crippen molar-refractivity contribution in [2.45, 2.75) is 32.9 Å². The first-order chi connectivity index (χ1) is 8.72. The molecule has 20 heavy (non-hydrogen) atoms. The van der Waals surface area contributed by atoms with Crippen LogP contribution in [0.15, 0.2) is 12.1 Å². The van der Waals surface area contributed by atoms with Crippen molar-refractivity contribution in [1.82, 2.24) is 0 Å². The number of nitrogens with two attached hydrogens (primary N) is 1. The maximum atomic E-state index is 10.3. The summed E-state index contributed by atoms with van der Waals surface area (Å²) in [5.41, 5.74) is 6.30. The Balaban J connectivity index is 0.00000361. The van der Waals surface area contributed by atoms with Gasteiger partial charge in [0.25, 0.3) is 0 Å². The molecule has 0 fully saturated rings. The van der Waals surface area contributed by atoms with E-state index in [1.54, 1.807) is 0 Å². The largest absolute Gasteiger partial charge is 0.508 e. The number of ether oxygens (including phenoxy) is 2. The average molecular weight is 306 g/mol. The monoisotopic (exact) mass is 305 g/mol.